The van der Waals surface area contributed by atoms with Crippen molar-refractivity contribution in [2.45, 2.75) is 44.9 Å². The van der Waals surface area contributed by atoms with E-state index in [1.54, 1.807) is 13.8 Å². The van der Waals surface area contributed by atoms with Gasteiger partial charge in [-0.2, -0.15) is 0 Å². The number of rotatable bonds is 11. The summed E-state index contributed by atoms with van der Waals surface area (Å²) < 4.78 is 53.5. The van der Waals surface area contributed by atoms with Crippen molar-refractivity contribution in [2.75, 3.05) is 29.8 Å². The number of hydrogen-bond donors (Lipinski definition) is 3. The minimum atomic E-state index is -3.69. The van der Waals surface area contributed by atoms with E-state index >= 15 is 0 Å². The van der Waals surface area contributed by atoms with Crippen molar-refractivity contribution in [1.82, 2.24) is 10.3 Å². The predicted molar refractivity (Wildman–Crippen MR) is 131 cm³/mol. The smallest absolute Gasteiger partial charge is 0.251 e. The zero-order valence-electron chi connectivity index (χ0n) is 20.3. The van der Waals surface area contributed by atoms with Crippen LogP contribution in [0.5, 0.6) is 0 Å². The van der Waals surface area contributed by atoms with Crippen molar-refractivity contribution in [1.29, 1.82) is 0 Å². The third-order valence-corrected chi connectivity index (χ3v) is 8.30. The summed E-state index contributed by atoms with van der Waals surface area (Å²) in [5.74, 6) is -0.581. The van der Waals surface area contributed by atoms with Crippen LogP contribution in [0.15, 0.2) is 30.3 Å². The first-order valence-electron chi connectivity index (χ1n) is 11.5. The Labute approximate surface area is 204 Å². The first kappa shape index (κ1) is 26.8. The van der Waals surface area contributed by atoms with Gasteiger partial charge in [0.1, 0.15) is 23.3 Å². The fraction of sp³-hybridized carbons (Fsp3) is 0.500. The second-order valence-corrected chi connectivity index (χ2v) is 11.9. The Kier molecular flexibility index (Phi) is 8.32. The number of nitrogens with one attached hydrogen (secondary N) is 2. The standard InChI is InChI=1S/C24H32F2N4O4S/c1-14(2)35(33,34)30(4)23-10-17(9-22(29-23)27-12-18-5-15(18)3)24(32)28-21(13-31)8-16-6-19(25)11-20(26)7-16/h6-7,9-11,14-15,18,21,31H,5,8,12-13H2,1-4H3,(H,27,29)(H,28,32)/t15-,18+,21-/m0/s1. The van der Waals surface area contributed by atoms with Gasteiger partial charge in [-0.15, -0.1) is 0 Å². The highest BCUT2D eigenvalue weighted by atomic mass is 32.2. The number of amides is 1. The molecule has 0 bridgehead atoms. The number of sulfonamides is 1. The summed E-state index contributed by atoms with van der Waals surface area (Å²) in [4.78, 5) is 17.5. The van der Waals surface area contributed by atoms with Crippen molar-refractivity contribution >= 4 is 27.6 Å². The molecule has 0 spiro atoms. The van der Waals surface area contributed by atoms with E-state index in [1.807, 2.05) is 0 Å². The maximum Gasteiger partial charge on any atom is 0.251 e. The lowest BCUT2D eigenvalue weighted by Crippen LogP contribution is -2.39. The third kappa shape index (κ3) is 6.88. The fourth-order valence-electron chi connectivity index (χ4n) is 3.71. The first-order chi connectivity index (χ1) is 16.4. The number of carbonyl (C=O) groups is 1. The van der Waals surface area contributed by atoms with Crippen molar-refractivity contribution in [3.05, 3.63) is 53.1 Å². The molecular weight excluding hydrogens is 478 g/mol. The molecule has 0 saturated heterocycles. The van der Waals surface area contributed by atoms with Gasteiger partial charge < -0.3 is 15.7 Å². The molecule has 0 aliphatic heterocycles. The fourth-order valence-corrected chi connectivity index (χ4v) is 4.69. The molecule has 11 heteroatoms. The molecular formula is C24H32F2N4O4S. The van der Waals surface area contributed by atoms with Gasteiger partial charge in [-0.1, -0.05) is 6.92 Å². The van der Waals surface area contributed by atoms with E-state index in [1.165, 1.54) is 19.2 Å². The summed E-state index contributed by atoms with van der Waals surface area (Å²) in [5, 5.41) is 14.9. The number of aromatic nitrogens is 1. The number of benzene rings is 1. The maximum absolute atomic E-state index is 13.5. The highest BCUT2D eigenvalue weighted by Crippen LogP contribution is 2.37. The van der Waals surface area contributed by atoms with Gasteiger partial charge in [0.05, 0.1) is 17.9 Å². The van der Waals surface area contributed by atoms with Crippen LogP contribution in [0.1, 0.15) is 43.1 Å². The van der Waals surface area contributed by atoms with E-state index in [4.69, 9.17) is 0 Å². The highest BCUT2D eigenvalue weighted by molar-refractivity contribution is 7.93. The van der Waals surface area contributed by atoms with Gasteiger partial charge in [0.25, 0.3) is 5.91 Å². The molecule has 35 heavy (non-hydrogen) atoms. The Morgan fingerprint density at radius 3 is 2.37 bits per heavy atom. The number of aliphatic hydroxyl groups excluding tert-OH is 1. The average Bonchev–Trinajstić information content (AvgIpc) is 3.50. The summed E-state index contributed by atoms with van der Waals surface area (Å²) in [5.41, 5.74) is 0.414. The monoisotopic (exact) mass is 510 g/mol. The molecule has 3 atom stereocenters. The highest BCUT2D eigenvalue weighted by Gasteiger charge is 2.32. The quantitative estimate of drug-likeness (QED) is 0.429. The molecule has 8 nitrogen and oxygen atoms in total. The van der Waals surface area contributed by atoms with Crippen LogP contribution in [0.2, 0.25) is 0 Å². The van der Waals surface area contributed by atoms with Crippen molar-refractivity contribution < 1.29 is 27.1 Å². The molecule has 1 amide bonds. The first-order valence-corrected chi connectivity index (χ1v) is 13.0. The van der Waals surface area contributed by atoms with E-state index in [9.17, 15) is 27.1 Å². The number of carbonyl (C=O) groups excluding carboxylic acids is 1. The molecule has 1 aromatic heterocycles. The number of aliphatic hydroxyl groups is 1. The van der Waals surface area contributed by atoms with Crippen molar-refractivity contribution in [2.24, 2.45) is 11.8 Å². The number of halogens is 2. The normalized spacial score (nSPS) is 18.3. The SMILES string of the molecule is CC(C)S(=O)(=O)N(C)c1cc(C(=O)N[C@H](CO)Cc2cc(F)cc(F)c2)cc(NC[C@H]2C[C@@H]2C)n1. The Morgan fingerprint density at radius 1 is 1.20 bits per heavy atom. The Morgan fingerprint density at radius 2 is 1.83 bits per heavy atom. The molecule has 2 aromatic rings. The lowest BCUT2D eigenvalue weighted by atomic mass is 10.1. The minimum absolute atomic E-state index is 0.00116. The van der Waals surface area contributed by atoms with Crippen molar-refractivity contribution in [3.63, 3.8) is 0 Å². The van der Waals surface area contributed by atoms with Gasteiger partial charge in [0.2, 0.25) is 10.0 Å². The van der Waals surface area contributed by atoms with Crippen LogP contribution >= 0.6 is 0 Å². The largest absolute Gasteiger partial charge is 0.394 e. The molecule has 1 saturated carbocycles. The molecule has 0 unspecified atom stereocenters. The Hall–Kier alpha value is -2.79. The molecule has 1 aromatic carbocycles. The van der Waals surface area contributed by atoms with Crippen LogP contribution in [0.25, 0.3) is 0 Å². The Bertz CT molecular complexity index is 1160. The number of pyridine rings is 1. The number of nitrogens with zero attached hydrogens (tertiary/aromatic N) is 2. The molecule has 192 valence electrons. The summed E-state index contributed by atoms with van der Waals surface area (Å²) in [6, 6.07) is 5.06. The van der Waals surface area contributed by atoms with Gasteiger partial charge in [-0.25, -0.2) is 22.2 Å². The minimum Gasteiger partial charge on any atom is -0.394 e. The van der Waals surface area contributed by atoms with E-state index < -0.39 is 45.5 Å². The third-order valence-electron chi connectivity index (χ3n) is 6.16. The predicted octanol–water partition coefficient (Wildman–Crippen LogP) is 2.94. The lowest BCUT2D eigenvalue weighted by Gasteiger charge is -2.23. The van der Waals surface area contributed by atoms with Gasteiger partial charge in [-0.05, 0) is 68.4 Å². The van der Waals surface area contributed by atoms with Crippen LogP contribution in [0.3, 0.4) is 0 Å². The second-order valence-electron chi connectivity index (χ2n) is 9.35. The van der Waals surface area contributed by atoms with E-state index in [2.05, 4.69) is 22.5 Å². The average molecular weight is 511 g/mol. The van der Waals surface area contributed by atoms with Crippen molar-refractivity contribution in [3.8, 4) is 0 Å². The second kappa shape index (κ2) is 10.9. The zero-order chi connectivity index (χ0) is 25.9. The molecule has 1 fully saturated rings. The van der Waals surface area contributed by atoms with E-state index in [0.29, 0.717) is 24.2 Å². The van der Waals surface area contributed by atoms with Crippen LogP contribution in [0, 0.1) is 23.5 Å². The summed E-state index contributed by atoms with van der Waals surface area (Å²) in [6.07, 6.45) is 1.09. The topological polar surface area (TPSA) is 112 Å². The lowest BCUT2D eigenvalue weighted by molar-refractivity contribution is 0.0916. The van der Waals surface area contributed by atoms with Gasteiger partial charge >= 0.3 is 0 Å². The van der Waals surface area contributed by atoms with E-state index in [0.717, 1.165) is 28.9 Å². The van der Waals surface area contributed by atoms with Crippen LogP contribution in [0.4, 0.5) is 20.4 Å². The molecule has 1 heterocycles. The molecule has 0 radical (unpaired) electrons. The maximum atomic E-state index is 13.5. The van der Waals surface area contributed by atoms with Crippen LogP contribution in [-0.2, 0) is 16.4 Å². The zero-order valence-corrected chi connectivity index (χ0v) is 21.1. The molecule has 3 rings (SSSR count). The summed E-state index contributed by atoms with van der Waals surface area (Å²) in [6.45, 7) is 5.42. The van der Waals surface area contributed by atoms with Gasteiger partial charge in [0.15, 0.2) is 0 Å². The summed E-state index contributed by atoms with van der Waals surface area (Å²) in [7, 11) is -2.32. The molecule has 1 aliphatic rings. The number of hydrogen-bond acceptors (Lipinski definition) is 6. The van der Waals surface area contributed by atoms with E-state index in [-0.39, 0.29) is 23.4 Å². The van der Waals surface area contributed by atoms with Gasteiger partial charge in [-0.3, -0.25) is 9.10 Å². The summed E-state index contributed by atoms with van der Waals surface area (Å²) >= 11 is 0. The molecule has 1 aliphatic carbocycles. The number of anilines is 2. The van der Waals surface area contributed by atoms with Crippen LogP contribution < -0.4 is 14.9 Å². The molecule has 3 N–H and O–H groups in total. The van der Waals surface area contributed by atoms with Gasteiger partial charge in [0, 0.05) is 25.2 Å². The Balaban J connectivity index is 1.84. The van der Waals surface area contributed by atoms with Crippen LogP contribution in [-0.4, -0.2) is 55.9 Å².